The zero-order chi connectivity index (χ0) is 42.1. The third-order valence-electron chi connectivity index (χ3n) is 8.96. The second-order valence-electron chi connectivity index (χ2n) is 15.9. The molecule has 0 bridgehead atoms. The number of carbonyl (C=O) groups is 5. The number of carbonyl (C=O) groups excluding carboxylic acids is 5. The van der Waals surface area contributed by atoms with E-state index >= 15 is 0 Å². The first-order valence-electron chi connectivity index (χ1n) is 19.3. The second-order valence-corrected chi connectivity index (χ2v) is 15.9. The number of hydrogen-bond acceptors (Lipinski definition) is 10. The van der Waals surface area contributed by atoms with Crippen LogP contribution in [0.1, 0.15) is 123 Å². The topological polar surface area (TPSA) is 195 Å². The number of aromatic nitrogens is 2. The van der Waals surface area contributed by atoms with Gasteiger partial charge in [0.25, 0.3) is 0 Å². The van der Waals surface area contributed by atoms with Crippen molar-refractivity contribution in [2.24, 2.45) is 17.1 Å². The summed E-state index contributed by atoms with van der Waals surface area (Å²) in [6.45, 7) is 17.5. The molecule has 0 saturated heterocycles. The van der Waals surface area contributed by atoms with Gasteiger partial charge in [0, 0.05) is 62.5 Å². The van der Waals surface area contributed by atoms with Gasteiger partial charge in [-0.2, -0.15) is 0 Å². The van der Waals surface area contributed by atoms with Gasteiger partial charge in [0.1, 0.15) is 18.5 Å². The Hall–Kier alpha value is -4.87. The van der Waals surface area contributed by atoms with Gasteiger partial charge < -0.3 is 36.1 Å². The van der Waals surface area contributed by atoms with Gasteiger partial charge in [-0.25, -0.2) is 9.97 Å². The van der Waals surface area contributed by atoms with Crippen molar-refractivity contribution in [2.45, 2.75) is 125 Å². The first kappa shape index (κ1) is 47.3. The Morgan fingerprint density at radius 3 is 2.25 bits per heavy atom. The van der Waals surface area contributed by atoms with E-state index in [0.717, 1.165) is 5.82 Å². The average molecular weight is 778 g/mol. The van der Waals surface area contributed by atoms with E-state index in [1.807, 2.05) is 41.5 Å². The van der Waals surface area contributed by atoms with Gasteiger partial charge in [0.2, 0.25) is 23.6 Å². The molecule has 1 aromatic heterocycles. The van der Waals surface area contributed by atoms with Crippen LogP contribution < -0.4 is 21.7 Å². The van der Waals surface area contributed by atoms with Crippen LogP contribution in [0.25, 0.3) is 0 Å². The molecule has 0 saturated carbocycles. The molecule has 308 valence electrons. The summed E-state index contributed by atoms with van der Waals surface area (Å²) in [5.41, 5.74) is 7.06. The van der Waals surface area contributed by atoms with E-state index in [9.17, 15) is 24.0 Å². The largest absolute Gasteiger partial charge is 0.461 e. The molecule has 56 heavy (non-hydrogen) atoms. The van der Waals surface area contributed by atoms with Crippen molar-refractivity contribution in [2.75, 3.05) is 32.1 Å². The third kappa shape index (κ3) is 16.9. The number of anilines is 1. The lowest BCUT2D eigenvalue weighted by atomic mass is 9.87. The minimum Gasteiger partial charge on any atom is -0.461 e. The zero-order valence-electron chi connectivity index (χ0n) is 35.0. The third-order valence-corrected chi connectivity index (χ3v) is 8.96. The summed E-state index contributed by atoms with van der Waals surface area (Å²) in [5.74, 6) is 4.89. The second kappa shape index (κ2) is 22.6. The van der Waals surface area contributed by atoms with Gasteiger partial charge in [-0.05, 0) is 69.8 Å². The maximum Gasteiger partial charge on any atom is 0.308 e. The SMILES string of the molecule is CC(C)C(=O)OCc1ccc(NC(=O)C(C)NC(=O)CNC(=O)CCCC#Cc2cnc(C(C)C)nc2)cc1CN(C)C(=O)C(C)(C)CCOC(C)(C)CCN. The van der Waals surface area contributed by atoms with Crippen LogP contribution in [-0.4, -0.2) is 82.9 Å². The minimum atomic E-state index is -0.925. The van der Waals surface area contributed by atoms with Crippen molar-refractivity contribution in [1.29, 1.82) is 0 Å². The van der Waals surface area contributed by atoms with Crippen molar-refractivity contribution < 1.29 is 33.4 Å². The van der Waals surface area contributed by atoms with Crippen molar-refractivity contribution in [3.8, 4) is 11.8 Å². The first-order chi connectivity index (χ1) is 26.2. The van der Waals surface area contributed by atoms with Crippen LogP contribution in [0.2, 0.25) is 0 Å². The number of benzene rings is 1. The molecule has 2 rings (SSSR count). The molecular weight excluding hydrogens is 715 g/mol. The molecule has 4 amide bonds. The summed E-state index contributed by atoms with van der Waals surface area (Å²) in [4.78, 5) is 74.1. The van der Waals surface area contributed by atoms with Crippen LogP contribution >= 0.6 is 0 Å². The molecule has 2 aromatic rings. The Labute approximate surface area is 332 Å². The molecule has 14 heteroatoms. The fraction of sp³-hybridized carbons (Fsp3) is 0.595. The van der Waals surface area contributed by atoms with Gasteiger partial charge in [0.15, 0.2) is 0 Å². The molecule has 0 spiro atoms. The standard InChI is InChI=1S/C42H63N7O7/c1-28(2)37-45-23-31(24-46-37)14-12-11-13-15-35(50)44-25-36(51)47-30(5)38(52)48-34-17-16-32(27-55-39(53)29(3)4)33(22-34)26-49(10)40(54)41(6,7)19-21-56-42(8,9)18-20-43/h16-17,22-24,28-30H,11,13,15,18-21,25-27,43H2,1-10H3,(H,44,50)(H,47,51)(H,48,52). The maximum atomic E-state index is 13.6. The lowest BCUT2D eigenvalue weighted by molar-refractivity contribution is -0.148. The monoisotopic (exact) mass is 777 g/mol. The van der Waals surface area contributed by atoms with E-state index in [4.69, 9.17) is 15.2 Å². The highest BCUT2D eigenvalue weighted by molar-refractivity contribution is 5.97. The van der Waals surface area contributed by atoms with Gasteiger partial charge >= 0.3 is 5.97 Å². The molecular formula is C42H63N7O7. The van der Waals surface area contributed by atoms with Crippen LogP contribution in [0.4, 0.5) is 5.69 Å². The van der Waals surface area contributed by atoms with Crippen LogP contribution in [0.5, 0.6) is 0 Å². The summed E-state index contributed by atoms with van der Waals surface area (Å²) in [6, 6.07) is 4.20. The summed E-state index contributed by atoms with van der Waals surface area (Å²) >= 11 is 0. The number of nitrogens with two attached hydrogens (primary N) is 1. The Kier molecular flexibility index (Phi) is 19.1. The van der Waals surface area contributed by atoms with Crippen LogP contribution in [0.15, 0.2) is 30.6 Å². The fourth-order valence-electron chi connectivity index (χ4n) is 5.34. The number of unbranched alkanes of at least 4 members (excludes halogenated alkanes) is 1. The lowest BCUT2D eigenvalue weighted by Crippen LogP contribution is -2.45. The Morgan fingerprint density at radius 2 is 1.62 bits per heavy atom. The molecule has 0 radical (unpaired) electrons. The lowest BCUT2D eigenvalue weighted by Gasteiger charge is -2.32. The number of rotatable bonds is 21. The van der Waals surface area contributed by atoms with Crippen molar-refractivity contribution in [3.05, 3.63) is 53.1 Å². The summed E-state index contributed by atoms with van der Waals surface area (Å²) in [6.07, 6.45) is 5.75. The molecule has 1 unspecified atom stereocenters. The molecule has 5 N–H and O–H groups in total. The van der Waals surface area contributed by atoms with Crippen molar-refractivity contribution in [1.82, 2.24) is 25.5 Å². The highest BCUT2D eigenvalue weighted by Gasteiger charge is 2.32. The average Bonchev–Trinajstić information content (AvgIpc) is 3.12. The van der Waals surface area contributed by atoms with E-state index in [1.165, 1.54) is 6.92 Å². The van der Waals surface area contributed by atoms with E-state index in [-0.39, 0.29) is 55.7 Å². The van der Waals surface area contributed by atoms with Gasteiger partial charge in [-0.3, -0.25) is 24.0 Å². The van der Waals surface area contributed by atoms with Gasteiger partial charge in [0.05, 0.1) is 23.6 Å². The number of nitrogens with one attached hydrogen (secondary N) is 3. The number of esters is 1. The highest BCUT2D eigenvalue weighted by Crippen LogP contribution is 2.27. The Morgan fingerprint density at radius 1 is 0.946 bits per heavy atom. The molecule has 1 heterocycles. The van der Waals surface area contributed by atoms with Crippen molar-refractivity contribution >= 4 is 35.3 Å². The molecule has 0 fully saturated rings. The predicted molar refractivity (Wildman–Crippen MR) is 216 cm³/mol. The predicted octanol–water partition coefficient (Wildman–Crippen LogP) is 4.60. The molecule has 14 nitrogen and oxygen atoms in total. The molecule has 0 aliphatic carbocycles. The van der Waals surface area contributed by atoms with E-state index < -0.39 is 28.9 Å². The zero-order valence-corrected chi connectivity index (χ0v) is 35.0. The number of nitrogens with zero attached hydrogens (tertiary/aromatic N) is 3. The smallest absolute Gasteiger partial charge is 0.308 e. The number of hydrogen-bond donors (Lipinski definition) is 4. The van der Waals surface area contributed by atoms with Crippen molar-refractivity contribution in [3.63, 3.8) is 0 Å². The quantitative estimate of drug-likeness (QED) is 0.0791. The molecule has 1 aromatic carbocycles. The summed E-state index contributed by atoms with van der Waals surface area (Å²) in [5, 5.41) is 7.98. The van der Waals surface area contributed by atoms with Gasteiger partial charge in [-0.15, -0.1) is 0 Å². The van der Waals surface area contributed by atoms with Crippen LogP contribution in [0, 0.1) is 23.2 Å². The first-order valence-corrected chi connectivity index (χ1v) is 19.3. The number of amides is 4. The molecule has 0 aliphatic heterocycles. The van der Waals surface area contributed by atoms with Gasteiger partial charge in [-0.1, -0.05) is 59.4 Å². The van der Waals surface area contributed by atoms with E-state index in [2.05, 4.69) is 37.8 Å². The summed E-state index contributed by atoms with van der Waals surface area (Å²) < 4.78 is 11.5. The summed E-state index contributed by atoms with van der Waals surface area (Å²) in [7, 11) is 1.70. The maximum absolute atomic E-state index is 13.6. The highest BCUT2D eigenvalue weighted by atomic mass is 16.5. The van der Waals surface area contributed by atoms with E-state index in [0.29, 0.717) is 61.2 Å². The van der Waals surface area contributed by atoms with Crippen LogP contribution in [-0.2, 0) is 46.6 Å². The molecule has 0 aliphatic rings. The van der Waals surface area contributed by atoms with E-state index in [1.54, 1.807) is 56.4 Å². The van der Waals surface area contributed by atoms with Crippen LogP contribution in [0.3, 0.4) is 0 Å². The molecule has 1 atom stereocenters. The Balaban J connectivity index is 1.97. The minimum absolute atomic E-state index is 0.00990. The Bertz CT molecular complexity index is 1690. The number of ether oxygens (including phenoxy) is 2. The normalized spacial score (nSPS) is 12.0. The fourth-order valence-corrected chi connectivity index (χ4v) is 5.34.